The zero-order chi connectivity index (χ0) is 24.8. The number of hydrogen-bond acceptors (Lipinski definition) is 9. The average molecular weight is 479 g/mol. The van der Waals surface area contributed by atoms with Gasteiger partial charge in [0, 0.05) is 24.4 Å². The lowest BCUT2D eigenvalue weighted by molar-refractivity contribution is -0.384. The van der Waals surface area contributed by atoms with E-state index in [1.54, 1.807) is 0 Å². The minimum absolute atomic E-state index is 0.113. The molecule has 1 atom stereocenters. The molecule has 2 amide bonds. The number of amides is 2. The third-order valence-corrected chi connectivity index (χ3v) is 5.67. The van der Waals surface area contributed by atoms with Gasteiger partial charge in [0.2, 0.25) is 15.9 Å². The SMILES string of the molecule is CNc1ccc(S(=O)(=O)NCC(=O)OC(C)C(=O)Nc2ccc(C(N)=O)cc2)cc1[N+](=O)[O-]. The summed E-state index contributed by atoms with van der Waals surface area (Å²) in [5.74, 6) is -2.38. The molecule has 0 spiro atoms. The maximum atomic E-state index is 12.4. The predicted molar refractivity (Wildman–Crippen MR) is 117 cm³/mol. The third kappa shape index (κ3) is 6.72. The molecule has 2 rings (SSSR count). The number of benzene rings is 2. The van der Waals surface area contributed by atoms with Gasteiger partial charge in [0.15, 0.2) is 6.10 Å². The summed E-state index contributed by atoms with van der Waals surface area (Å²) in [7, 11) is -2.83. The van der Waals surface area contributed by atoms with E-state index in [1.165, 1.54) is 44.3 Å². The van der Waals surface area contributed by atoms with Crippen LogP contribution in [0, 0.1) is 10.1 Å². The minimum atomic E-state index is -4.27. The highest BCUT2D eigenvalue weighted by Crippen LogP contribution is 2.27. The first-order valence-corrected chi connectivity index (χ1v) is 10.8. The molecule has 0 heterocycles. The van der Waals surface area contributed by atoms with Crippen molar-refractivity contribution in [2.45, 2.75) is 17.9 Å². The van der Waals surface area contributed by atoms with E-state index in [4.69, 9.17) is 10.5 Å². The maximum absolute atomic E-state index is 12.4. The molecule has 0 radical (unpaired) electrons. The van der Waals surface area contributed by atoms with E-state index in [1.807, 2.05) is 4.72 Å². The number of nitro benzene ring substituents is 1. The number of primary amides is 1. The Labute approximate surface area is 188 Å². The molecule has 33 heavy (non-hydrogen) atoms. The monoisotopic (exact) mass is 479 g/mol. The number of sulfonamides is 1. The van der Waals surface area contributed by atoms with E-state index in [2.05, 4.69) is 10.6 Å². The van der Waals surface area contributed by atoms with Crippen molar-refractivity contribution in [1.29, 1.82) is 0 Å². The zero-order valence-corrected chi connectivity index (χ0v) is 18.3. The smallest absolute Gasteiger partial charge is 0.321 e. The Balaban J connectivity index is 1.95. The Morgan fingerprint density at radius 2 is 1.79 bits per heavy atom. The highest BCUT2D eigenvalue weighted by Gasteiger charge is 2.23. The summed E-state index contributed by atoms with van der Waals surface area (Å²) in [5.41, 5.74) is 5.35. The lowest BCUT2D eigenvalue weighted by atomic mass is 10.2. The lowest BCUT2D eigenvalue weighted by Crippen LogP contribution is -2.35. The molecule has 2 aromatic rings. The number of rotatable bonds is 10. The molecule has 0 saturated carbocycles. The second kappa shape index (κ2) is 10.5. The largest absolute Gasteiger partial charge is 0.452 e. The Morgan fingerprint density at radius 1 is 1.15 bits per heavy atom. The van der Waals surface area contributed by atoms with Crippen molar-refractivity contribution in [3.8, 4) is 0 Å². The number of nitrogens with two attached hydrogens (primary N) is 1. The first kappa shape index (κ1) is 25.2. The molecule has 0 bridgehead atoms. The van der Waals surface area contributed by atoms with Gasteiger partial charge in [-0.25, -0.2) is 8.42 Å². The molecule has 1 unspecified atom stereocenters. The predicted octanol–water partition coefficient (Wildman–Crippen LogP) is 0.584. The number of anilines is 2. The third-order valence-electron chi connectivity index (χ3n) is 4.27. The zero-order valence-electron chi connectivity index (χ0n) is 17.5. The van der Waals surface area contributed by atoms with E-state index in [9.17, 15) is 32.9 Å². The molecule has 14 heteroatoms. The number of carbonyl (C=O) groups is 3. The van der Waals surface area contributed by atoms with Crippen molar-refractivity contribution in [1.82, 2.24) is 4.72 Å². The van der Waals surface area contributed by atoms with Crippen LogP contribution in [0.15, 0.2) is 47.4 Å². The Bertz CT molecular complexity index is 1180. The van der Waals surface area contributed by atoms with Crippen LogP contribution in [-0.4, -0.2) is 50.8 Å². The van der Waals surface area contributed by atoms with Gasteiger partial charge in [-0.15, -0.1) is 0 Å². The van der Waals surface area contributed by atoms with Crippen LogP contribution in [0.4, 0.5) is 17.1 Å². The fraction of sp³-hybridized carbons (Fsp3) is 0.211. The van der Waals surface area contributed by atoms with E-state index >= 15 is 0 Å². The van der Waals surface area contributed by atoms with Gasteiger partial charge in [0.25, 0.3) is 11.6 Å². The van der Waals surface area contributed by atoms with Crippen molar-refractivity contribution >= 4 is 44.9 Å². The number of nitro groups is 1. The van der Waals surface area contributed by atoms with Crippen LogP contribution >= 0.6 is 0 Å². The molecule has 0 aliphatic heterocycles. The molecule has 0 saturated heterocycles. The fourth-order valence-corrected chi connectivity index (χ4v) is 3.52. The number of nitrogens with zero attached hydrogens (tertiary/aromatic N) is 1. The molecular formula is C19H21N5O8S. The van der Waals surface area contributed by atoms with E-state index < -0.39 is 56.0 Å². The average Bonchev–Trinajstić information content (AvgIpc) is 2.77. The molecule has 0 aliphatic carbocycles. The van der Waals surface area contributed by atoms with Gasteiger partial charge >= 0.3 is 5.97 Å². The molecule has 5 N–H and O–H groups in total. The van der Waals surface area contributed by atoms with Gasteiger partial charge in [0.05, 0.1) is 9.82 Å². The summed E-state index contributed by atoms with van der Waals surface area (Å²) in [6.45, 7) is 0.466. The molecule has 0 aromatic heterocycles. The first-order chi connectivity index (χ1) is 15.4. The number of nitrogens with one attached hydrogen (secondary N) is 3. The summed E-state index contributed by atoms with van der Waals surface area (Å²) < 4.78 is 31.6. The molecule has 0 fully saturated rings. The summed E-state index contributed by atoms with van der Waals surface area (Å²) in [6, 6.07) is 8.85. The maximum Gasteiger partial charge on any atom is 0.321 e. The quantitative estimate of drug-likeness (QED) is 0.214. The van der Waals surface area contributed by atoms with Gasteiger partial charge in [-0.1, -0.05) is 0 Å². The van der Waals surface area contributed by atoms with E-state index in [-0.39, 0.29) is 11.3 Å². The van der Waals surface area contributed by atoms with Crippen LogP contribution < -0.4 is 21.1 Å². The number of carbonyl (C=O) groups excluding carboxylic acids is 3. The summed E-state index contributed by atoms with van der Waals surface area (Å²) in [5, 5.41) is 16.1. The molecule has 2 aromatic carbocycles. The van der Waals surface area contributed by atoms with Crippen LogP contribution in [0.1, 0.15) is 17.3 Å². The van der Waals surface area contributed by atoms with Crippen LogP contribution in [0.25, 0.3) is 0 Å². The van der Waals surface area contributed by atoms with Crippen molar-refractivity contribution in [3.05, 3.63) is 58.1 Å². The van der Waals surface area contributed by atoms with Gasteiger partial charge in [-0.2, -0.15) is 4.72 Å². The van der Waals surface area contributed by atoms with Gasteiger partial charge in [-0.05, 0) is 43.3 Å². The topological polar surface area (TPSA) is 200 Å². The highest BCUT2D eigenvalue weighted by molar-refractivity contribution is 7.89. The van der Waals surface area contributed by atoms with Crippen LogP contribution in [0.5, 0.6) is 0 Å². The Hall–Kier alpha value is -4.04. The molecule has 0 aliphatic rings. The van der Waals surface area contributed by atoms with Gasteiger partial charge in [-0.3, -0.25) is 24.5 Å². The number of ether oxygens (including phenoxy) is 1. The van der Waals surface area contributed by atoms with Gasteiger partial charge in [0.1, 0.15) is 12.2 Å². The van der Waals surface area contributed by atoms with E-state index in [0.29, 0.717) is 5.69 Å². The van der Waals surface area contributed by atoms with Crippen LogP contribution in [0.2, 0.25) is 0 Å². The Kier molecular flexibility index (Phi) is 8.04. The Morgan fingerprint density at radius 3 is 2.33 bits per heavy atom. The van der Waals surface area contributed by atoms with Crippen molar-refractivity contribution < 1.29 is 32.5 Å². The summed E-state index contributed by atoms with van der Waals surface area (Å²) >= 11 is 0. The normalized spacial score (nSPS) is 11.8. The van der Waals surface area contributed by atoms with E-state index in [0.717, 1.165) is 12.1 Å². The van der Waals surface area contributed by atoms with Crippen LogP contribution in [0.3, 0.4) is 0 Å². The molecule has 176 valence electrons. The van der Waals surface area contributed by atoms with Crippen molar-refractivity contribution in [2.75, 3.05) is 24.2 Å². The number of esters is 1. The first-order valence-electron chi connectivity index (χ1n) is 9.30. The molecule has 13 nitrogen and oxygen atoms in total. The second-order valence-electron chi connectivity index (χ2n) is 6.57. The minimum Gasteiger partial charge on any atom is -0.452 e. The molecular weight excluding hydrogens is 458 g/mol. The van der Waals surface area contributed by atoms with Crippen molar-refractivity contribution in [3.63, 3.8) is 0 Å². The highest BCUT2D eigenvalue weighted by atomic mass is 32.2. The second-order valence-corrected chi connectivity index (χ2v) is 8.34. The standard InChI is InChI=1S/C19H21N5O8S/c1-11(19(27)23-13-5-3-12(4-6-13)18(20)26)32-17(25)10-22-33(30,31)14-7-8-15(21-2)16(9-14)24(28)29/h3-9,11,21-22H,10H2,1-2H3,(H2,20,26)(H,23,27). The van der Waals surface area contributed by atoms with Crippen LogP contribution in [-0.2, 0) is 24.3 Å². The lowest BCUT2D eigenvalue weighted by Gasteiger charge is -2.14. The summed E-state index contributed by atoms with van der Waals surface area (Å²) in [6.07, 6.45) is -1.27. The number of hydrogen-bond donors (Lipinski definition) is 4. The van der Waals surface area contributed by atoms with Gasteiger partial charge < -0.3 is 21.1 Å². The fourth-order valence-electron chi connectivity index (χ4n) is 2.53. The summed E-state index contributed by atoms with van der Waals surface area (Å²) in [4.78, 5) is 45.1. The van der Waals surface area contributed by atoms with Crippen molar-refractivity contribution in [2.24, 2.45) is 5.73 Å².